The third-order valence-corrected chi connectivity index (χ3v) is 6.16. The second-order valence-corrected chi connectivity index (χ2v) is 8.72. The van der Waals surface area contributed by atoms with Gasteiger partial charge in [0.05, 0.1) is 10.6 Å². The summed E-state index contributed by atoms with van der Waals surface area (Å²) in [6, 6.07) is 7.14. The predicted molar refractivity (Wildman–Crippen MR) is 90.4 cm³/mol. The monoisotopic (exact) mass is 367 g/mol. The van der Waals surface area contributed by atoms with Crippen molar-refractivity contribution in [2.45, 2.75) is 23.1 Å². The number of rotatable bonds is 6. The smallest absolute Gasteiger partial charge is 0.187 e. The van der Waals surface area contributed by atoms with Gasteiger partial charge in [0, 0.05) is 40.1 Å². The van der Waals surface area contributed by atoms with E-state index in [9.17, 15) is 22.5 Å². The Kier molecular flexibility index (Phi) is 5.51. The minimum Gasteiger partial charge on any atom is -0.508 e. The summed E-state index contributed by atoms with van der Waals surface area (Å²) in [5, 5.41) is 9.90. The van der Waals surface area contributed by atoms with E-state index in [0.29, 0.717) is 4.90 Å². The van der Waals surface area contributed by atoms with Gasteiger partial charge in [-0.3, -0.25) is 14.0 Å². The number of Topliss-reactive ketones (excluding diaryl/α,β-unsaturated/α-hetero) is 1. The number of aromatic hydroxyl groups is 1. The molecule has 0 aliphatic carbocycles. The van der Waals surface area contributed by atoms with Gasteiger partial charge in [-0.2, -0.15) is 0 Å². The summed E-state index contributed by atoms with van der Waals surface area (Å²) in [5.74, 6) is -0.792. The molecule has 1 aromatic carbocycles. The lowest BCUT2D eigenvalue weighted by Crippen LogP contribution is -2.14. The molecule has 1 atom stereocenters. The summed E-state index contributed by atoms with van der Waals surface area (Å²) in [6.45, 7) is 1.49. The number of sulfone groups is 1. The molecule has 0 aliphatic heterocycles. The molecule has 0 bridgehead atoms. The fourth-order valence-electron chi connectivity index (χ4n) is 2.15. The zero-order valence-corrected chi connectivity index (χ0v) is 14.9. The highest BCUT2D eigenvalue weighted by molar-refractivity contribution is 7.91. The first kappa shape index (κ1) is 18.3. The Bertz CT molecular complexity index is 906. The first-order valence-corrected chi connectivity index (χ1v) is 10.3. The molecule has 0 saturated heterocycles. The van der Waals surface area contributed by atoms with Crippen molar-refractivity contribution in [2.75, 3.05) is 12.0 Å². The Hall–Kier alpha value is -2.06. The number of ketones is 1. The highest BCUT2D eigenvalue weighted by Crippen LogP contribution is 2.23. The minimum absolute atomic E-state index is 0.117. The lowest BCUT2D eigenvalue weighted by molar-refractivity contribution is 0.0983. The van der Waals surface area contributed by atoms with E-state index in [1.807, 2.05) is 0 Å². The quantitative estimate of drug-likeness (QED) is 0.781. The van der Waals surface area contributed by atoms with Crippen LogP contribution in [0.15, 0.2) is 46.3 Å². The summed E-state index contributed by atoms with van der Waals surface area (Å²) >= 11 is 0. The zero-order valence-electron chi connectivity index (χ0n) is 13.2. The number of carbonyl (C=O) groups is 1. The molecule has 1 unspecified atom stereocenters. The van der Waals surface area contributed by atoms with Gasteiger partial charge in [0.1, 0.15) is 11.4 Å². The number of nitrogens with zero attached hydrogens (tertiary/aromatic N) is 1. The number of carbonyl (C=O) groups excluding carboxylic acids is 1. The van der Waals surface area contributed by atoms with Crippen LogP contribution in [0.3, 0.4) is 0 Å². The van der Waals surface area contributed by atoms with Crippen LogP contribution in [-0.2, 0) is 27.1 Å². The van der Waals surface area contributed by atoms with Crippen molar-refractivity contribution in [1.82, 2.24) is 4.98 Å². The van der Waals surface area contributed by atoms with Crippen molar-refractivity contribution < 1.29 is 22.5 Å². The standard InChI is InChI=1S/C16H17NO5S2/c1-3-24(21,22)15-5-4-8-17-16(15)14(19)10-11-9-12(23(2)20)6-7-13(11)18/h4-9,18H,3,10H2,1-2H3. The van der Waals surface area contributed by atoms with Gasteiger partial charge >= 0.3 is 0 Å². The number of benzene rings is 1. The fourth-order valence-corrected chi connectivity index (χ4v) is 3.77. The van der Waals surface area contributed by atoms with Crippen LogP contribution in [0.5, 0.6) is 5.75 Å². The lowest BCUT2D eigenvalue weighted by atomic mass is 10.1. The molecular formula is C16H17NO5S2. The van der Waals surface area contributed by atoms with Crippen molar-refractivity contribution in [1.29, 1.82) is 0 Å². The average Bonchev–Trinajstić information content (AvgIpc) is 2.56. The summed E-state index contributed by atoms with van der Waals surface area (Å²) in [5.41, 5.74) is 0.125. The SMILES string of the molecule is CCS(=O)(=O)c1cccnc1C(=O)Cc1cc(S(C)=O)ccc1O. The second kappa shape index (κ2) is 7.23. The van der Waals surface area contributed by atoms with E-state index in [4.69, 9.17) is 0 Å². The number of phenolic OH excluding ortho intramolecular Hbond substituents is 1. The Labute approximate surface area is 142 Å². The van der Waals surface area contributed by atoms with Crippen LogP contribution in [0.1, 0.15) is 23.0 Å². The third-order valence-electron chi connectivity index (χ3n) is 3.48. The first-order chi connectivity index (χ1) is 11.3. The van der Waals surface area contributed by atoms with Crippen LogP contribution >= 0.6 is 0 Å². The minimum atomic E-state index is -3.59. The number of pyridine rings is 1. The van der Waals surface area contributed by atoms with Gasteiger partial charge in [0.15, 0.2) is 15.6 Å². The average molecular weight is 367 g/mol. The topological polar surface area (TPSA) is 101 Å². The van der Waals surface area contributed by atoms with Crippen molar-refractivity contribution in [3.63, 3.8) is 0 Å². The summed E-state index contributed by atoms with van der Waals surface area (Å²) < 4.78 is 35.8. The number of hydrogen-bond donors (Lipinski definition) is 1. The van der Waals surface area contributed by atoms with E-state index < -0.39 is 26.4 Å². The fraction of sp³-hybridized carbons (Fsp3) is 0.250. The molecule has 24 heavy (non-hydrogen) atoms. The highest BCUT2D eigenvalue weighted by Gasteiger charge is 2.23. The summed E-state index contributed by atoms with van der Waals surface area (Å²) in [4.78, 5) is 16.8. The van der Waals surface area contributed by atoms with E-state index in [2.05, 4.69) is 4.98 Å². The molecule has 0 spiro atoms. The van der Waals surface area contributed by atoms with Gasteiger partial charge in [-0.25, -0.2) is 8.42 Å². The number of aromatic nitrogens is 1. The molecule has 0 fully saturated rings. The number of hydrogen-bond acceptors (Lipinski definition) is 6. The van der Waals surface area contributed by atoms with Crippen molar-refractivity contribution in [2.24, 2.45) is 0 Å². The van der Waals surface area contributed by atoms with E-state index in [1.165, 1.54) is 49.7 Å². The molecular weight excluding hydrogens is 350 g/mol. The molecule has 1 aromatic heterocycles. The molecule has 0 saturated carbocycles. The maximum Gasteiger partial charge on any atom is 0.187 e. The molecule has 2 aromatic rings. The van der Waals surface area contributed by atoms with Crippen molar-refractivity contribution in [3.05, 3.63) is 47.8 Å². The third kappa shape index (κ3) is 3.88. The Morgan fingerprint density at radius 2 is 2.00 bits per heavy atom. The van der Waals surface area contributed by atoms with Crippen LogP contribution in [0, 0.1) is 0 Å². The molecule has 2 rings (SSSR count). The van der Waals surface area contributed by atoms with Crippen LogP contribution in [0.2, 0.25) is 0 Å². The summed E-state index contributed by atoms with van der Waals surface area (Å²) in [7, 11) is -4.85. The predicted octanol–water partition coefficient (Wildman–Crippen LogP) is 1.74. The number of phenols is 1. The molecule has 1 N–H and O–H groups in total. The zero-order chi connectivity index (χ0) is 17.9. The van der Waals surface area contributed by atoms with Gasteiger partial charge in [0.25, 0.3) is 0 Å². The lowest BCUT2D eigenvalue weighted by Gasteiger charge is -2.09. The molecule has 6 nitrogen and oxygen atoms in total. The maximum atomic E-state index is 12.5. The molecule has 8 heteroatoms. The first-order valence-electron chi connectivity index (χ1n) is 7.12. The van der Waals surface area contributed by atoms with Gasteiger partial charge in [-0.05, 0) is 30.3 Å². The molecule has 1 heterocycles. The molecule has 0 radical (unpaired) electrons. The Morgan fingerprint density at radius 1 is 1.29 bits per heavy atom. The van der Waals surface area contributed by atoms with Gasteiger partial charge in [0.2, 0.25) is 0 Å². The van der Waals surface area contributed by atoms with Gasteiger partial charge in [-0.1, -0.05) is 6.92 Å². The van der Waals surface area contributed by atoms with E-state index >= 15 is 0 Å². The van der Waals surface area contributed by atoms with E-state index in [-0.39, 0.29) is 34.1 Å². The van der Waals surface area contributed by atoms with Crippen LogP contribution in [0.4, 0.5) is 0 Å². The molecule has 0 amide bonds. The normalized spacial score (nSPS) is 12.8. The van der Waals surface area contributed by atoms with Crippen LogP contribution in [0.25, 0.3) is 0 Å². The molecule has 128 valence electrons. The highest BCUT2D eigenvalue weighted by atomic mass is 32.2. The van der Waals surface area contributed by atoms with E-state index in [0.717, 1.165) is 0 Å². The van der Waals surface area contributed by atoms with E-state index in [1.54, 1.807) is 0 Å². The Morgan fingerprint density at radius 3 is 2.62 bits per heavy atom. The summed E-state index contributed by atoms with van der Waals surface area (Å²) in [6.07, 6.45) is 2.60. The van der Waals surface area contributed by atoms with Crippen molar-refractivity contribution >= 4 is 26.4 Å². The van der Waals surface area contributed by atoms with Crippen molar-refractivity contribution in [3.8, 4) is 5.75 Å². The second-order valence-electron chi connectivity index (χ2n) is 5.10. The Balaban J connectivity index is 2.42. The van der Waals surface area contributed by atoms with Gasteiger partial charge < -0.3 is 5.11 Å². The molecule has 0 aliphatic rings. The van der Waals surface area contributed by atoms with Crippen LogP contribution < -0.4 is 0 Å². The van der Waals surface area contributed by atoms with Gasteiger partial charge in [-0.15, -0.1) is 0 Å². The van der Waals surface area contributed by atoms with Crippen LogP contribution in [-0.4, -0.2) is 40.5 Å². The maximum absolute atomic E-state index is 12.5. The largest absolute Gasteiger partial charge is 0.508 e.